The number of hydrogen-bond donors (Lipinski definition) is 0. The first-order valence-corrected chi connectivity index (χ1v) is 6.96. The van der Waals surface area contributed by atoms with Gasteiger partial charge in [0.05, 0.1) is 0 Å². The zero-order valence-corrected chi connectivity index (χ0v) is 12.9. The highest BCUT2D eigenvalue weighted by molar-refractivity contribution is 6.30. The fourth-order valence-electron chi connectivity index (χ4n) is 1.88. The van der Waals surface area contributed by atoms with E-state index in [1.54, 1.807) is 6.20 Å². The van der Waals surface area contributed by atoms with Gasteiger partial charge in [-0.15, -0.1) is 0 Å². The molecule has 0 radical (unpaired) electrons. The first-order chi connectivity index (χ1) is 9.56. The molecule has 2 rings (SSSR count). The van der Waals surface area contributed by atoms with Crippen LogP contribution in [0.1, 0.15) is 11.4 Å². The predicted octanol–water partition coefficient (Wildman–Crippen LogP) is 2.60. The Labute approximate surface area is 124 Å². The highest BCUT2D eigenvalue weighted by atomic mass is 35.5. The van der Waals surface area contributed by atoms with E-state index in [0.29, 0.717) is 11.6 Å². The van der Waals surface area contributed by atoms with Gasteiger partial charge in [-0.1, -0.05) is 17.7 Å². The maximum atomic E-state index is 6.06. The maximum Gasteiger partial charge on any atom is 0.124 e. The number of aromatic nitrogens is 2. The third kappa shape index (κ3) is 3.99. The summed E-state index contributed by atoms with van der Waals surface area (Å²) < 4.78 is 7.87. The Hall–Kier alpha value is -1.52. The van der Waals surface area contributed by atoms with E-state index in [-0.39, 0.29) is 0 Å². The van der Waals surface area contributed by atoms with Gasteiger partial charge in [0.2, 0.25) is 0 Å². The van der Waals surface area contributed by atoms with Crippen molar-refractivity contribution in [3.8, 4) is 5.75 Å². The third-order valence-electron chi connectivity index (χ3n) is 3.09. The molecule has 1 aromatic carbocycles. The second-order valence-electron chi connectivity index (χ2n) is 5.03. The number of ether oxygens (including phenoxy) is 1. The molecule has 0 fully saturated rings. The number of hydrogen-bond acceptors (Lipinski definition) is 3. The largest absolute Gasteiger partial charge is 0.492 e. The molecule has 0 aliphatic carbocycles. The van der Waals surface area contributed by atoms with E-state index in [1.165, 1.54) is 0 Å². The van der Waals surface area contributed by atoms with Crippen LogP contribution in [0.5, 0.6) is 5.75 Å². The Morgan fingerprint density at radius 3 is 2.80 bits per heavy atom. The van der Waals surface area contributed by atoms with E-state index in [9.17, 15) is 0 Å². The monoisotopic (exact) mass is 293 g/mol. The lowest BCUT2D eigenvalue weighted by molar-refractivity contribution is 0.259. The zero-order chi connectivity index (χ0) is 14.5. The predicted molar refractivity (Wildman–Crippen MR) is 81.5 cm³/mol. The summed E-state index contributed by atoms with van der Waals surface area (Å²) in [6.45, 7) is 1.51. The number of likely N-dealkylation sites (N-methyl/N-ethyl adjacent to an activating group) is 1. The van der Waals surface area contributed by atoms with Gasteiger partial charge in [0.15, 0.2) is 0 Å². The second-order valence-corrected chi connectivity index (χ2v) is 5.47. The molecule has 108 valence electrons. The van der Waals surface area contributed by atoms with Crippen molar-refractivity contribution in [2.45, 2.75) is 6.42 Å². The van der Waals surface area contributed by atoms with Crippen LogP contribution in [-0.2, 0) is 13.5 Å². The average molecular weight is 294 g/mol. The Kier molecular flexibility index (Phi) is 5.04. The molecule has 0 unspecified atom stereocenters. The van der Waals surface area contributed by atoms with E-state index in [1.807, 2.05) is 50.1 Å². The number of halogens is 1. The molecule has 0 saturated heterocycles. The summed E-state index contributed by atoms with van der Waals surface area (Å²) >= 11 is 6.06. The lowest BCUT2D eigenvalue weighted by Crippen LogP contribution is -2.19. The van der Waals surface area contributed by atoms with E-state index >= 15 is 0 Å². The minimum atomic E-state index is 0.640. The van der Waals surface area contributed by atoms with Gasteiger partial charge in [-0.3, -0.25) is 0 Å². The second kappa shape index (κ2) is 6.77. The molecule has 0 spiro atoms. The summed E-state index contributed by atoms with van der Waals surface area (Å²) in [5.41, 5.74) is 1.10. The van der Waals surface area contributed by atoms with Gasteiger partial charge in [-0.05, 0) is 26.2 Å². The summed E-state index contributed by atoms with van der Waals surface area (Å²) in [4.78, 5) is 6.44. The van der Waals surface area contributed by atoms with E-state index in [0.717, 1.165) is 30.1 Å². The summed E-state index contributed by atoms with van der Waals surface area (Å²) in [5, 5.41) is 0.688. The van der Waals surface area contributed by atoms with Crippen LogP contribution in [-0.4, -0.2) is 41.7 Å². The molecule has 20 heavy (non-hydrogen) atoms. The summed E-state index contributed by atoms with van der Waals surface area (Å²) in [6.07, 6.45) is 4.48. The van der Waals surface area contributed by atoms with Crippen molar-refractivity contribution in [3.05, 3.63) is 47.0 Å². The van der Waals surface area contributed by atoms with Crippen LogP contribution < -0.4 is 4.74 Å². The molecular weight excluding hydrogens is 274 g/mol. The molecule has 0 saturated carbocycles. The standard InChI is InChI=1S/C15H20ClN3O/c1-18(2)8-9-20-14-11-13(16)5-4-12(14)10-15-17-6-7-19(15)3/h4-7,11H,8-10H2,1-3H3. The van der Waals surface area contributed by atoms with Gasteiger partial charge in [-0.2, -0.15) is 0 Å². The van der Waals surface area contributed by atoms with Gasteiger partial charge in [-0.25, -0.2) is 4.98 Å². The Bertz CT molecular complexity index is 566. The van der Waals surface area contributed by atoms with Gasteiger partial charge in [0, 0.05) is 43.0 Å². The summed E-state index contributed by atoms with van der Waals surface area (Å²) in [5.74, 6) is 1.84. The van der Waals surface area contributed by atoms with Gasteiger partial charge >= 0.3 is 0 Å². The van der Waals surface area contributed by atoms with Crippen molar-refractivity contribution in [1.82, 2.24) is 14.5 Å². The molecule has 0 atom stereocenters. The minimum Gasteiger partial charge on any atom is -0.492 e. The number of imidazole rings is 1. The van der Waals surface area contributed by atoms with Gasteiger partial charge < -0.3 is 14.2 Å². The van der Waals surface area contributed by atoms with E-state index in [2.05, 4.69) is 9.88 Å². The average Bonchev–Trinajstić information content (AvgIpc) is 2.78. The number of benzene rings is 1. The van der Waals surface area contributed by atoms with E-state index < -0.39 is 0 Å². The quantitative estimate of drug-likeness (QED) is 0.820. The maximum absolute atomic E-state index is 6.06. The van der Waals surface area contributed by atoms with Crippen LogP contribution in [0.2, 0.25) is 5.02 Å². The Morgan fingerprint density at radius 2 is 2.15 bits per heavy atom. The van der Waals surface area contributed by atoms with Crippen LogP contribution >= 0.6 is 11.6 Å². The molecule has 0 amide bonds. The first kappa shape index (κ1) is 14.9. The fourth-order valence-corrected chi connectivity index (χ4v) is 2.05. The molecule has 0 aliphatic rings. The normalized spacial score (nSPS) is 11.1. The van der Waals surface area contributed by atoms with Crippen molar-refractivity contribution in [3.63, 3.8) is 0 Å². The molecule has 0 N–H and O–H groups in total. The molecule has 5 heteroatoms. The van der Waals surface area contributed by atoms with Crippen LogP contribution in [0.25, 0.3) is 0 Å². The highest BCUT2D eigenvalue weighted by Crippen LogP contribution is 2.25. The lowest BCUT2D eigenvalue weighted by atomic mass is 10.1. The molecule has 1 heterocycles. The topological polar surface area (TPSA) is 30.3 Å². The van der Waals surface area contributed by atoms with Crippen molar-refractivity contribution >= 4 is 11.6 Å². The van der Waals surface area contributed by atoms with Crippen LogP contribution in [0.3, 0.4) is 0 Å². The van der Waals surface area contributed by atoms with E-state index in [4.69, 9.17) is 16.3 Å². The lowest BCUT2D eigenvalue weighted by Gasteiger charge is -2.14. The fraction of sp³-hybridized carbons (Fsp3) is 0.400. The van der Waals surface area contributed by atoms with Crippen LogP contribution in [0, 0.1) is 0 Å². The molecule has 0 aliphatic heterocycles. The van der Waals surface area contributed by atoms with Crippen molar-refractivity contribution in [1.29, 1.82) is 0 Å². The summed E-state index contributed by atoms with van der Waals surface area (Å²) in [6, 6.07) is 5.76. The zero-order valence-electron chi connectivity index (χ0n) is 12.1. The summed E-state index contributed by atoms with van der Waals surface area (Å²) in [7, 11) is 6.04. The SMILES string of the molecule is CN(C)CCOc1cc(Cl)ccc1Cc1nccn1C. The molecule has 1 aromatic heterocycles. The van der Waals surface area contributed by atoms with Crippen LogP contribution in [0.15, 0.2) is 30.6 Å². The number of nitrogens with zero attached hydrogens (tertiary/aromatic N) is 3. The highest BCUT2D eigenvalue weighted by Gasteiger charge is 2.09. The molecule has 2 aromatic rings. The minimum absolute atomic E-state index is 0.640. The number of rotatable bonds is 6. The molecule has 4 nitrogen and oxygen atoms in total. The molecular formula is C15H20ClN3O. The Balaban J connectivity index is 2.13. The first-order valence-electron chi connectivity index (χ1n) is 6.58. The number of aryl methyl sites for hydroxylation is 1. The van der Waals surface area contributed by atoms with Gasteiger partial charge in [0.1, 0.15) is 18.2 Å². The van der Waals surface area contributed by atoms with Crippen molar-refractivity contribution in [2.75, 3.05) is 27.2 Å². The molecule has 0 bridgehead atoms. The van der Waals surface area contributed by atoms with Crippen molar-refractivity contribution in [2.24, 2.45) is 7.05 Å². The van der Waals surface area contributed by atoms with Crippen LogP contribution in [0.4, 0.5) is 0 Å². The Morgan fingerprint density at radius 1 is 1.35 bits per heavy atom. The van der Waals surface area contributed by atoms with Crippen molar-refractivity contribution < 1.29 is 4.74 Å². The smallest absolute Gasteiger partial charge is 0.124 e. The van der Waals surface area contributed by atoms with Gasteiger partial charge in [0.25, 0.3) is 0 Å². The third-order valence-corrected chi connectivity index (χ3v) is 3.33.